The Hall–Kier alpha value is -2.96. The minimum Gasteiger partial charge on any atom is -0.383 e. The maximum Gasteiger partial charge on any atom is 0.165 e. The largest absolute Gasteiger partial charge is 0.383 e. The molecule has 4 aromatic rings. The molecule has 0 bridgehead atoms. The molecule has 0 saturated carbocycles. The van der Waals surface area contributed by atoms with Crippen LogP contribution in [-0.4, -0.2) is 19.5 Å². The molecule has 0 atom stereocenters. The highest BCUT2D eigenvalue weighted by Gasteiger charge is 2.18. The third kappa shape index (κ3) is 2.89. The van der Waals surface area contributed by atoms with Gasteiger partial charge in [-0.3, -0.25) is 4.57 Å². The first kappa shape index (κ1) is 17.8. The average Bonchev–Trinajstić information content (AvgIpc) is 3.03. The first-order chi connectivity index (χ1) is 12.2. The second-order valence-electron chi connectivity index (χ2n) is 5.88. The number of aryl methyl sites for hydroxylation is 1. The lowest BCUT2D eigenvalue weighted by molar-refractivity contribution is 1.04. The summed E-state index contributed by atoms with van der Waals surface area (Å²) in [5.74, 6) is 1.16. The molecule has 0 fully saturated rings. The van der Waals surface area contributed by atoms with E-state index in [1.807, 2.05) is 54.0 Å². The zero-order chi connectivity index (χ0) is 17.4. The van der Waals surface area contributed by atoms with Crippen LogP contribution in [0.25, 0.3) is 28.2 Å². The molecule has 0 aliphatic carbocycles. The van der Waals surface area contributed by atoms with Crippen molar-refractivity contribution in [2.75, 3.05) is 5.73 Å². The van der Waals surface area contributed by atoms with E-state index < -0.39 is 0 Å². The van der Waals surface area contributed by atoms with Crippen molar-refractivity contribution < 1.29 is 0 Å². The monoisotopic (exact) mass is 366 g/mol. The SMILES string of the molecule is Cc1ccnc2c1nc(-c1cccnc1N)n2-c1ccc(CN)cc1.Cl. The summed E-state index contributed by atoms with van der Waals surface area (Å²) in [6.07, 6.45) is 3.46. The fourth-order valence-corrected chi connectivity index (χ4v) is 2.91. The lowest BCUT2D eigenvalue weighted by atomic mass is 10.2. The molecule has 0 saturated heterocycles. The van der Waals surface area contributed by atoms with E-state index in [-0.39, 0.29) is 12.4 Å². The molecule has 0 aliphatic heterocycles. The molecule has 7 heteroatoms. The summed E-state index contributed by atoms with van der Waals surface area (Å²) < 4.78 is 2.01. The summed E-state index contributed by atoms with van der Waals surface area (Å²) in [5, 5.41) is 0. The van der Waals surface area contributed by atoms with Gasteiger partial charge in [-0.05, 0) is 48.4 Å². The molecule has 4 N–H and O–H groups in total. The normalized spacial score (nSPS) is 10.7. The number of pyridine rings is 2. The number of halogens is 1. The molecular weight excluding hydrogens is 348 g/mol. The Labute approximate surface area is 157 Å². The highest BCUT2D eigenvalue weighted by molar-refractivity contribution is 5.85. The van der Waals surface area contributed by atoms with E-state index in [1.54, 1.807) is 12.4 Å². The van der Waals surface area contributed by atoms with Crippen LogP contribution in [0, 0.1) is 6.92 Å². The fourth-order valence-electron chi connectivity index (χ4n) is 2.91. The van der Waals surface area contributed by atoms with Crippen molar-refractivity contribution >= 4 is 29.4 Å². The van der Waals surface area contributed by atoms with E-state index >= 15 is 0 Å². The number of imidazole rings is 1. The summed E-state index contributed by atoms with van der Waals surface area (Å²) in [5.41, 5.74) is 17.3. The van der Waals surface area contributed by atoms with Crippen molar-refractivity contribution in [2.45, 2.75) is 13.5 Å². The second kappa shape index (κ2) is 7.11. The van der Waals surface area contributed by atoms with Crippen LogP contribution in [0.15, 0.2) is 54.9 Å². The first-order valence-electron chi connectivity index (χ1n) is 8.03. The molecule has 0 amide bonds. The molecule has 26 heavy (non-hydrogen) atoms. The fraction of sp³-hybridized carbons (Fsp3) is 0.105. The maximum atomic E-state index is 6.10. The van der Waals surface area contributed by atoms with Crippen molar-refractivity contribution in [1.29, 1.82) is 0 Å². The molecule has 0 unspecified atom stereocenters. The third-order valence-electron chi connectivity index (χ3n) is 4.26. The zero-order valence-electron chi connectivity index (χ0n) is 14.3. The Morgan fingerprint density at radius 1 is 1.00 bits per heavy atom. The minimum atomic E-state index is 0. The maximum absolute atomic E-state index is 6.10. The van der Waals surface area contributed by atoms with Gasteiger partial charge in [0.1, 0.15) is 11.3 Å². The molecule has 3 aromatic heterocycles. The second-order valence-corrected chi connectivity index (χ2v) is 5.88. The van der Waals surface area contributed by atoms with Gasteiger partial charge in [-0.25, -0.2) is 15.0 Å². The molecular formula is C19H19ClN6. The summed E-state index contributed by atoms with van der Waals surface area (Å²) in [7, 11) is 0. The number of hydrogen-bond donors (Lipinski definition) is 2. The number of nitrogen functional groups attached to an aromatic ring is 1. The van der Waals surface area contributed by atoms with E-state index in [9.17, 15) is 0 Å². The summed E-state index contributed by atoms with van der Waals surface area (Å²) in [6.45, 7) is 2.53. The van der Waals surface area contributed by atoms with Crippen LogP contribution in [0.1, 0.15) is 11.1 Å². The summed E-state index contributed by atoms with van der Waals surface area (Å²) >= 11 is 0. The van der Waals surface area contributed by atoms with Gasteiger partial charge in [0, 0.05) is 24.6 Å². The molecule has 0 aliphatic rings. The van der Waals surface area contributed by atoms with E-state index in [1.165, 1.54) is 0 Å². The standard InChI is InChI=1S/C19H18N6.ClH/c1-12-8-10-23-19-16(12)24-18(15-3-2-9-22-17(15)21)25(19)14-6-4-13(11-20)5-7-14;/h2-10H,11,20H2,1H3,(H2,21,22);1H. The van der Waals surface area contributed by atoms with Crippen molar-refractivity contribution in [3.8, 4) is 17.1 Å². The lowest BCUT2D eigenvalue weighted by Crippen LogP contribution is -2.02. The molecule has 132 valence electrons. The average molecular weight is 367 g/mol. The van der Waals surface area contributed by atoms with E-state index in [0.717, 1.165) is 39.4 Å². The van der Waals surface area contributed by atoms with Crippen LogP contribution in [0.5, 0.6) is 0 Å². The molecule has 3 heterocycles. The van der Waals surface area contributed by atoms with Crippen LogP contribution >= 0.6 is 12.4 Å². The molecule has 0 radical (unpaired) electrons. The van der Waals surface area contributed by atoms with Crippen LogP contribution in [0.4, 0.5) is 5.82 Å². The molecule has 4 rings (SSSR count). The van der Waals surface area contributed by atoms with Crippen molar-refractivity contribution in [1.82, 2.24) is 19.5 Å². The molecule has 0 spiro atoms. The molecule has 1 aromatic carbocycles. The van der Waals surface area contributed by atoms with Crippen LogP contribution in [-0.2, 0) is 6.54 Å². The van der Waals surface area contributed by atoms with Gasteiger partial charge in [-0.2, -0.15) is 0 Å². The van der Waals surface area contributed by atoms with Crippen LogP contribution in [0.3, 0.4) is 0 Å². The predicted octanol–water partition coefficient (Wildman–Crippen LogP) is 3.25. The number of aromatic nitrogens is 4. The Kier molecular flexibility index (Phi) is 4.88. The minimum absolute atomic E-state index is 0. The molecule has 6 nitrogen and oxygen atoms in total. The van der Waals surface area contributed by atoms with Crippen molar-refractivity contribution in [2.24, 2.45) is 5.73 Å². The number of benzene rings is 1. The number of hydrogen-bond acceptors (Lipinski definition) is 5. The quantitative estimate of drug-likeness (QED) is 0.580. The first-order valence-corrected chi connectivity index (χ1v) is 8.03. The summed E-state index contributed by atoms with van der Waals surface area (Å²) in [4.78, 5) is 13.6. The van der Waals surface area contributed by atoms with Crippen LogP contribution < -0.4 is 11.5 Å². The highest BCUT2D eigenvalue weighted by Crippen LogP contribution is 2.31. The lowest BCUT2D eigenvalue weighted by Gasteiger charge is -2.10. The summed E-state index contributed by atoms with van der Waals surface area (Å²) in [6, 6.07) is 13.8. The number of nitrogens with two attached hydrogens (primary N) is 2. The predicted molar refractivity (Wildman–Crippen MR) is 106 cm³/mol. The van der Waals surface area contributed by atoms with E-state index in [4.69, 9.17) is 16.5 Å². The Balaban J connectivity index is 0.00000196. The number of fused-ring (bicyclic) bond motifs is 1. The van der Waals surface area contributed by atoms with Gasteiger partial charge in [-0.15, -0.1) is 12.4 Å². The van der Waals surface area contributed by atoms with Crippen molar-refractivity contribution in [3.63, 3.8) is 0 Å². The Morgan fingerprint density at radius 3 is 2.46 bits per heavy atom. The Bertz CT molecular complexity index is 1060. The van der Waals surface area contributed by atoms with Crippen molar-refractivity contribution in [3.05, 3.63) is 66.0 Å². The zero-order valence-corrected chi connectivity index (χ0v) is 15.1. The third-order valence-corrected chi connectivity index (χ3v) is 4.26. The van der Waals surface area contributed by atoms with Gasteiger partial charge >= 0.3 is 0 Å². The number of rotatable bonds is 3. The Morgan fingerprint density at radius 2 is 1.77 bits per heavy atom. The van der Waals surface area contributed by atoms with Gasteiger partial charge in [-0.1, -0.05) is 12.1 Å². The van der Waals surface area contributed by atoms with E-state index in [2.05, 4.69) is 9.97 Å². The highest BCUT2D eigenvalue weighted by atomic mass is 35.5. The van der Waals surface area contributed by atoms with Gasteiger partial charge in [0.15, 0.2) is 11.5 Å². The number of nitrogens with zero attached hydrogens (tertiary/aromatic N) is 4. The number of anilines is 1. The van der Waals surface area contributed by atoms with Gasteiger partial charge in [0.25, 0.3) is 0 Å². The van der Waals surface area contributed by atoms with Gasteiger partial charge in [0.05, 0.1) is 5.56 Å². The van der Waals surface area contributed by atoms with Crippen LogP contribution in [0.2, 0.25) is 0 Å². The van der Waals surface area contributed by atoms with Gasteiger partial charge in [0.2, 0.25) is 0 Å². The van der Waals surface area contributed by atoms with E-state index in [0.29, 0.717) is 12.4 Å². The topological polar surface area (TPSA) is 95.6 Å². The smallest absolute Gasteiger partial charge is 0.165 e. The van der Waals surface area contributed by atoms with Gasteiger partial charge < -0.3 is 11.5 Å².